The van der Waals surface area contributed by atoms with E-state index in [2.05, 4.69) is 26.8 Å². The lowest BCUT2D eigenvalue weighted by Gasteiger charge is -2.55. The number of aliphatic hydroxyl groups excluding tert-OH is 1. The number of ether oxygens (including phenoxy) is 1. The summed E-state index contributed by atoms with van der Waals surface area (Å²) in [6.07, 6.45) is 2.31. The second-order valence-corrected chi connectivity index (χ2v) is 6.73. The molecule has 3 nitrogen and oxygen atoms in total. The van der Waals surface area contributed by atoms with Gasteiger partial charge in [0.1, 0.15) is 5.75 Å². The third-order valence-corrected chi connectivity index (χ3v) is 5.76. The first-order chi connectivity index (χ1) is 9.99. The highest BCUT2D eigenvalue weighted by Gasteiger charge is 2.53. The summed E-state index contributed by atoms with van der Waals surface area (Å²) in [4.78, 5) is 0. The summed E-state index contributed by atoms with van der Waals surface area (Å²) in [5.41, 5.74) is 2.27. The number of hydrogen-bond acceptors (Lipinski definition) is 3. The van der Waals surface area contributed by atoms with E-state index in [1.165, 1.54) is 5.57 Å². The van der Waals surface area contributed by atoms with E-state index in [0.29, 0.717) is 18.4 Å². The van der Waals surface area contributed by atoms with Crippen molar-refractivity contribution < 1.29 is 14.9 Å². The summed E-state index contributed by atoms with van der Waals surface area (Å²) >= 11 is 0. The fraction of sp³-hybridized carbons (Fsp3) is 0.556. The lowest BCUT2D eigenvalue weighted by Crippen LogP contribution is -2.53. The molecule has 0 radical (unpaired) electrons. The van der Waals surface area contributed by atoms with Crippen molar-refractivity contribution in [2.45, 2.75) is 26.9 Å². The summed E-state index contributed by atoms with van der Waals surface area (Å²) in [6, 6.07) is 7.29. The maximum absolute atomic E-state index is 9.97. The number of phenols is 1. The number of phenolic OH excluding ortho intramolecular Hbond substituents is 1. The van der Waals surface area contributed by atoms with Gasteiger partial charge >= 0.3 is 0 Å². The van der Waals surface area contributed by atoms with Gasteiger partial charge in [-0.3, -0.25) is 0 Å². The average Bonchev–Trinajstić information content (AvgIpc) is 2.46. The molecular weight excluding hydrogens is 264 g/mol. The van der Waals surface area contributed by atoms with E-state index in [0.717, 1.165) is 5.56 Å². The van der Waals surface area contributed by atoms with Gasteiger partial charge in [0.15, 0.2) is 0 Å². The lowest BCUT2D eigenvalue weighted by molar-refractivity contribution is -0.165. The Morgan fingerprint density at radius 2 is 1.90 bits per heavy atom. The molecule has 1 aliphatic heterocycles. The molecule has 3 heteroatoms. The van der Waals surface area contributed by atoms with Gasteiger partial charge in [-0.1, -0.05) is 37.6 Å². The first-order valence-electron chi connectivity index (χ1n) is 7.69. The number of aliphatic hydroxyl groups is 1. The monoisotopic (exact) mass is 288 g/mol. The zero-order chi connectivity index (χ0) is 15.2. The molecule has 3 rings (SSSR count). The summed E-state index contributed by atoms with van der Waals surface area (Å²) < 4.78 is 6.19. The molecule has 2 N–H and O–H groups in total. The zero-order valence-electron chi connectivity index (χ0n) is 12.9. The van der Waals surface area contributed by atoms with Gasteiger partial charge in [0.25, 0.3) is 0 Å². The van der Waals surface area contributed by atoms with Crippen molar-refractivity contribution in [3.8, 4) is 5.75 Å². The minimum absolute atomic E-state index is 0.00373. The zero-order valence-corrected chi connectivity index (χ0v) is 12.9. The van der Waals surface area contributed by atoms with E-state index in [9.17, 15) is 10.2 Å². The van der Waals surface area contributed by atoms with Crippen LogP contribution in [0, 0.1) is 23.2 Å². The topological polar surface area (TPSA) is 49.7 Å². The minimum atomic E-state index is -0.169. The Bertz CT molecular complexity index is 548. The summed E-state index contributed by atoms with van der Waals surface area (Å²) in [6.45, 7) is 7.33. The summed E-state index contributed by atoms with van der Waals surface area (Å²) in [5.74, 6) is 1.26. The minimum Gasteiger partial charge on any atom is -0.508 e. The van der Waals surface area contributed by atoms with E-state index in [1.54, 1.807) is 12.1 Å². The van der Waals surface area contributed by atoms with Crippen LogP contribution in [-0.4, -0.2) is 23.4 Å². The lowest BCUT2D eigenvalue weighted by atomic mass is 9.56. The van der Waals surface area contributed by atoms with Crippen molar-refractivity contribution in [1.29, 1.82) is 0 Å². The van der Waals surface area contributed by atoms with Crippen molar-refractivity contribution in [2.24, 2.45) is 23.2 Å². The number of allylic oxidation sites excluding steroid dienone is 1. The fourth-order valence-corrected chi connectivity index (χ4v) is 4.25. The van der Waals surface area contributed by atoms with E-state index in [1.807, 2.05) is 12.1 Å². The largest absolute Gasteiger partial charge is 0.508 e. The van der Waals surface area contributed by atoms with Crippen LogP contribution in [0.15, 0.2) is 35.9 Å². The Kier molecular flexibility index (Phi) is 3.58. The fourth-order valence-electron chi connectivity index (χ4n) is 4.25. The Balaban J connectivity index is 2.01. The number of hydrogen-bond donors (Lipinski definition) is 2. The average molecular weight is 288 g/mol. The van der Waals surface area contributed by atoms with E-state index >= 15 is 0 Å². The van der Waals surface area contributed by atoms with E-state index < -0.39 is 0 Å². The van der Waals surface area contributed by atoms with Crippen LogP contribution in [0.4, 0.5) is 0 Å². The van der Waals surface area contributed by atoms with Gasteiger partial charge in [0.2, 0.25) is 0 Å². The highest BCUT2D eigenvalue weighted by molar-refractivity contribution is 5.31. The SMILES string of the molecule is CC1=C[C@@H](C)[C@@]2(CO)CO[C@@H](c3ccc(O)cc3)[C@@H]1[C@H]2C. The molecule has 0 saturated carbocycles. The first-order valence-corrected chi connectivity index (χ1v) is 7.69. The molecule has 1 aliphatic carbocycles. The number of aromatic hydroxyl groups is 1. The van der Waals surface area contributed by atoms with Crippen LogP contribution in [0.25, 0.3) is 0 Å². The standard InChI is InChI=1S/C18H24O3/c1-11-8-12(2)18(9-19)10-21-17(16(11)13(18)3)14-4-6-15(20)7-5-14/h4-8,12-13,16-17,19-20H,9-10H2,1-3H3/t12-,13-,16+,17+,18-/m1/s1. The molecule has 1 fully saturated rings. The van der Waals surface area contributed by atoms with Crippen molar-refractivity contribution in [2.75, 3.05) is 13.2 Å². The van der Waals surface area contributed by atoms with Gasteiger partial charge in [-0.25, -0.2) is 0 Å². The quantitative estimate of drug-likeness (QED) is 0.821. The predicted octanol–water partition coefficient (Wildman–Crippen LogP) is 3.29. The van der Waals surface area contributed by atoms with Gasteiger partial charge in [0, 0.05) is 11.3 Å². The van der Waals surface area contributed by atoms with Gasteiger partial charge in [-0.05, 0) is 36.5 Å². The van der Waals surface area contributed by atoms with Crippen LogP contribution in [0.3, 0.4) is 0 Å². The molecule has 1 heterocycles. The normalized spacial score (nSPS) is 39.0. The van der Waals surface area contributed by atoms with E-state index in [-0.39, 0.29) is 29.8 Å². The van der Waals surface area contributed by atoms with Gasteiger partial charge < -0.3 is 14.9 Å². The van der Waals surface area contributed by atoms with Crippen LogP contribution < -0.4 is 0 Å². The van der Waals surface area contributed by atoms with Crippen LogP contribution >= 0.6 is 0 Å². The molecule has 0 amide bonds. The molecule has 114 valence electrons. The molecule has 21 heavy (non-hydrogen) atoms. The molecule has 0 spiro atoms. The smallest absolute Gasteiger partial charge is 0.115 e. The van der Waals surface area contributed by atoms with Crippen molar-refractivity contribution >= 4 is 0 Å². The number of rotatable bonds is 2. The van der Waals surface area contributed by atoms with Crippen LogP contribution in [0.2, 0.25) is 0 Å². The maximum atomic E-state index is 9.97. The van der Waals surface area contributed by atoms with Crippen molar-refractivity contribution in [3.05, 3.63) is 41.5 Å². The molecule has 1 aromatic carbocycles. The highest BCUT2D eigenvalue weighted by atomic mass is 16.5. The number of benzene rings is 1. The highest BCUT2D eigenvalue weighted by Crippen LogP contribution is 2.55. The maximum Gasteiger partial charge on any atom is 0.115 e. The van der Waals surface area contributed by atoms with Gasteiger partial charge in [-0.15, -0.1) is 0 Å². The summed E-state index contributed by atoms with van der Waals surface area (Å²) in [5, 5.41) is 19.4. The molecular formula is C18H24O3. The Hall–Kier alpha value is -1.32. The molecule has 2 bridgehead atoms. The predicted molar refractivity (Wildman–Crippen MR) is 81.9 cm³/mol. The van der Waals surface area contributed by atoms with Crippen molar-refractivity contribution in [1.82, 2.24) is 0 Å². The van der Waals surface area contributed by atoms with Gasteiger partial charge in [-0.2, -0.15) is 0 Å². The Morgan fingerprint density at radius 1 is 1.24 bits per heavy atom. The first kappa shape index (κ1) is 14.6. The summed E-state index contributed by atoms with van der Waals surface area (Å²) in [7, 11) is 0. The molecule has 1 aromatic rings. The second kappa shape index (κ2) is 5.15. The second-order valence-electron chi connectivity index (χ2n) is 6.73. The van der Waals surface area contributed by atoms with E-state index in [4.69, 9.17) is 4.74 Å². The van der Waals surface area contributed by atoms with Crippen LogP contribution in [0.5, 0.6) is 5.75 Å². The molecule has 2 aliphatic rings. The van der Waals surface area contributed by atoms with Gasteiger partial charge in [0.05, 0.1) is 19.3 Å². The molecule has 5 atom stereocenters. The van der Waals surface area contributed by atoms with Crippen LogP contribution in [-0.2, 0) is 4.74 Å². The molecule has 0 unspecified atom stereocenters. The molecule has 1 saturated heterocycles. The third-order valence-electron chi connectivity index (χ3n) is 5.76. The number of fused-ring (bicyclic) bond motifs is 2. The Morgan fingerprint density at radius 3 is 2.52 bits per heavy atom. The Labute approximate surface area is 126 Å². The molecule has 0 aromatic heterocycles. The third kappa shape index (κ3) is 2.11. The van der Waals surface area contributed by atoms with Crippen LogP contribution in [0.1, 0.15) is 32.4 Å². The van der Waals surface area contributed by atoms with Crippen molar-refractivity contribution in [3.63, 3.8) is 0 Å².